The van der Waals surface area contributed by atoms with Crippen molar-refractivity contribution in [3.63, 3.8) is 0 Å². The number of likely N-dealkylation sites (N-methyl/N-ethyl adjacent to an activating group) is 1. The van der Waals surface area contributed by atoms with Gasteiger partial charge in [0.2, 0.25) is 11.6 Å². The van der Waals surface area contributed by atoms with Gasteiger partial charge in [0.25, 0.3) is 5.91 Å². The molecular formula is C25H16Cl3NO4. The van der Waals surface area contributed by atoms with Crippen molar-refractivity contribution >= 4 is 58.6 Å². The van der Waals surface area contributed by atoms with E-state index in [1.807, 2.05) is 0 Å². The SMILES string of the molecule is CN(C(=O)c1cccc(Cl)c1)C1=C(Cl)C(=O)c2ccccc2C1=O.O=Cc1cccc(Cl)c1. The van der Waals surface area contributed by atoms with Crippen LogP contribution in [0.4, 0.5) is 0 Å². The second-order valence-electron chi connectivity index (χ2n) is 6.91. The zero-order valence-corrected chi connectivity index (χ0v) is 19.5. The van der Waals surface area contributed by atoms with Crippen molar-refractivity contribution in [3.05, 3.63) is 116 Å². The number of carbonyl (C=O) groups is 4. The quantitative estimate of drug-likeness (QED) is 0.408. The third-order valence-corrected chi connectivity index (χ3v) is 5.56. The van der Waals surface area contributed by atoms with E-state index < -0.39 is 17.5 Å². The number of hydrogen-bond acceptors (Lipinski definition) is 4. The molecule has 0 heterocycles. The molecule has 0 unspecified atom stereocenters. The topological polar surface area (TPSA) is 71.5 Å². The van der Waals surface area contributed by atoms with Crippen LogP contribution >= 0.6 is 34.8 Å². The van der Waals surface area contributed by atoms with Crippen molar-refractivity contribution in [3.8, 4) is 0 Å². The molecule has 5 nitrogen and oxygen atoms in total. The summed E-state index contributed by atoms with van der Waals surface area (Å²) in [5.41, 5.74) is 1.24. The van der Waals surface area contributed by atoms with Crippen LogP contribution in [0.3, 0.4) is 0 Å². The van der Waals surface area contributed by atoms with Gasteiger partial charge in [0.1, 0.15) is 17.0 Å². The molecule has 3 aromatic rings. The number of fused-ring (bicyclic) bond motifs is 1. The van der Waals surface area contributed by atoms with Gasteiger partial charge in [-0.05, 0) is 30.3 Å². The molecule has 0 aromatic heterocycles. The average molecular weight is 501 g/mol. The highest BCUT2D eigenvalue weighted by Gasteiger charge is 2.35. The zero-order valence-electron chi connectivity index (χ0n) is 17.2. The van der Waals surface area contributed by atoms with E-state index in [4.69, 9.17) is 34.8 Å². The van der Waals surface area contributed by atoms with E-state index in [-0.39, 0.29) is 21.9 Å². The van der Waals surface area contributed by atoms with Crippen molar-refractivity contribution in [2.45, 2.75) is 0 Å². The molecule has 3 aromatic carbocycles. The zero-order chi connectivity index (χ0) is 24.1. The number of nitrogens with zero attached hydrogens (tertiary/aromatic N) is 1. The number of amides is 1. The fourth-order valence-electron chi connectivity index (χ4n) is 3.13. The summed E-state index contributed by atoms with van der Waals surface area (Å²) in [6.45, 7) is 0. The van der Waals surface area contributed by atoms with Crippen LogP contribution in [0.25, 0.3) is 0 Å². The Balaban J connectivity index is 0.000000286. The second kappa shape index (κ2) is 10.6. The first-order valence-electron chi connectivity index (χ1n) is 9.57. The maximum Gasteiger partial charge on any atom is 0.258 e. The molecule has 0 saturated carbocycles. The van der Waals surface area contributed by atoms with Crippen molar-refractivity contribution in [2.75, 3.05) is 7.05 Å². The van der Waals surface area contributed by atoms with E-state index in [2.05, 4.69) is 0 Å². The van der Waals surface area contributed by atoms with E-state index in [1.54, 1.807) is 54.6 Å². The lowest BCUT2D eigenvalue weighted by Crippen LogP contribution is -2.34. The van der Waals surface area contributed by atoms with Crippen molar-refractivity contribution in [2.24, 2.45) is 0 Å². The normalized spacial score (nSPS) is 12.5. The molecule has 0 fully saturated rings. The fourth-order valence-corrected chi connectivity index (χ4v) is 3.83. The predicted molar refractivity (Wildman–Crippen MR) is 128 cm³/mol. The number of hydrogen-bond donors (Lipinski definition) is 0. The Morgan fingerprint density at radius 1 is 0.788 bits per heavy atom. The van der Waals surface area contributed by atoms with Crippen LogP contribution in [-0.4, -0.2) is 35.7 Å². The molecule has 0 radical (unpaired) electrons. The van der Waals surface area contributed by atoms with Gasteiger partial charge in [-0.2, -0.15) is 0 Å². The molecule has 0 N–H and O–H groups in total. The molecular weight excluding hydrogens is 485 g/mol. The minimum atomic E-state index is -0.480. The lowest BCUT2D eigenvalue weighted by molar-refractivity contribution is 0.0795. The van der Waals surface area contributed by atoms with Crippen molar-refractivity contribution in [1.29, 1.82) is 0 Å². The maximum absolute atomic E-state index is 12.7. The molecule has 1 aliphatic rings. The summed E-state index contributed by atoms with van der Waals surface area (Å²) >= 11 is 17.6. The Morgan fingerprint density at radius 2 is 1.36 bits per heavy atom. The van der Waals surface area contributed by atoms with Gasteiger partial charge in [0, 0.05) is 39.3 Å². The summed E-state index contributed by atoms with van der Waals surface area (Å²) in [6, 6.07) is 19.5. The number of allylic oxidation sites excluding steroid dienone is 2. The number of carbonyl (C=O) groups excluding carboxylic acids is 4. The highest BCUT2D eigenvalue weighted by Crippen LogP contribution is 2.30. The Bertz CT molecular complexity index is 1300. The highest BCUT2D eigenvalue weighted by molar-refractivity contribution is 6.50. The Morgan fingerprint density at radius 3 is 1.91 bits per heavy atom. The number of Topliss-reactive ketones (excluding diaryl/α,β-unsaturated/α-hetero) is 2. The first-order chi connectivity index (χ1) is 15.7. The van der Waals surface area contributed by atoms with Crippen LogP contribution < -0.4 is 0 Å². The first kappa shape index (κ1) is 24.4. The summed E-state index contributed by atoms with van der Waals surface area (Å²) in [6.07, 6.45) is 0.770. The monoisotopic (exact) mass is 499 g/mol. The minimum absolute atomic E-state index is 0.134. The van der Waals surface area contributed by atoms with Gasteiger partial charge in [-0.15, -0.1) is 0 Å². The van der Waals surface area contributed by atoms with Gasteiger partial charge in [-0.25, -0.2) is 0 Å². The van der Waals surface area contributed by atoms with Gasteiger partial charge in [-0.1, -0.05) is 77.3 Å². The third-order valence-electron chi connectivity index (χ3n) is 4.74. The second-order valence-corrected chi connectivity index (χ2v) is 8.16. The van der Waals surface area contributed by atoms with Crippen molar-refractivity contribution < 1.29 is 19.2 Å². The van der Waals surface area contributed by atoms with Crippen LogP contribution in [0.2, 0.25) is 10.0 Å². The Hall–Kier alpha value is -3.25. The number of benzene rings is 3. The summed E-state index contributed by atoms with van der Waals surface area (Å²) < 4.78 is 0. The third kappa shape index (κ3) is 5.40. The summed E-state index contributed by atoms with van der Waals surface area (Å²) in [5, 5.41) is 0.724. The van der Waals surface area contributed by atoms with Gasteiger partial charge in [0.15, 0.2) is 0 Å². The maximum atomic E-state index is 12.7. The van der Waals surface area contributed by atoms with Gasteiger partial charge in [-0.3, -0.25) is 19.2 Å². The predicted octanol–water partition coefficient (Wildman–Crippen LogP) is 6.09. The fraction of sp³-hybridized carbons (Fsp3) is 0.0400. The molecule has 8 heteroatoms. The number of aldehydes is 1. The summed E-state index contributed by atoms with van der Waals surface area (Å²) in [4.78, 5) is 48.9. The summed E-state index contributed by atoms with van der Waals surface area (Å²) in [7, 11) is 1.40. The molecule has 33 heavy (non-hydrogen) atoms. The molecule has 4 rings (SSSR count). The molecule has 1 amide bonds. The smallest absolute Gasteiger partial charge is 0.258 e. The molecule has 1 aliphatic carbocycles. The van der Waals surface area contributed by atoms with Crippen molar-refractivity contribution in [1.82, 2.24) is 4.90 Å². The Labute approximate surface area is 205 Å². The van der Waals surface area contributed by atoms with E-state index in [0.29, 0.717) is 21.2 Å². The van der Waals surface area contributed by atoms with Gasteiger partial charge >= 0.3 is 0 Å². The Kier molecular flexibility index (Phi) is 7.82. The average Bonchev–Trinajstić information content (AvgIpc) is 2.82. The molecule has 0 aliphatic heterocycles. The summed E-state index contributed by atoms with van der Waals surface area (Å²) in [5.74, 6) is -1.42. The molecule has 0 bridgehead atoms. The van der Waals surface area contributed by atoms with Crippen LogP contribution in [0.5, 0.6) is 0 Å². The number of rotatable bonds is 3. The lowest BCUT2D eigenvalue weighted by Gasteiger charge is -2.25. The van der Waals surface area contributed by atoms with Crippen LogP contribution in [0, 0.1) is 0 Å². The van der Waals surface area contributed by atoms with Crippen LogP contribution in [0.1, 0.15) is 41.4 Å². The van der Waals surface area contributed by atoms with Crippen LogP contribution in [0.15, 0.2) is 83.5 Å². The molecule has 0 atom stereocenters. The van der Waals surface area contributed by atoms with E-state index in [1.165, 1.54) is 25.2 Å². The molecule has 166 valence electrons. The van der Waals surface area contributed by atoms with Gasteiger partial charge < -0.3 is 4.90 Å². The highest BCUT2D eigenvalue weighted by atomic mass is 35.5. The van der Waals surface area contributed by atoms with Crippen LogP contribution in [-0.2, 0) is 0 Å². The molecule has 0 saturated heterocycles. The first-order valence-corrected chi connectivity index (χ1v) is 10.7. The van der Waals surface area contributed by atoms with E-state index in [0.717, 1.165) is 11.2 Å². The lowest BCUT2D eigenvalue weighted by atomic mass is 9.92. The minimum Gasteiger partial charge on any atom is -0.307 e. The van der Waals surface area contributed by atoms with E-state index in [9.17, 15) is 19.2 Å². The number of halogens is 3. The van der Waals surface area contributed by atoms with Gasteiger partial charge in [0.05, 0.1) is 0 Å². The number of ketones is 2. The van der Waals surface area contributed by atoms with E-state index >= 15 is 0 Å². The largest absolute Gasteiger partial charge is 0.307 e. The standard InChI is InChI=1S/C18H11Cl2NO3.C7H5ClO/c1-21(18(24)10-5-4-6-11(19)9-10)15-14(20)16(22)12-7-2-3-8-13(12)17(15)23;8-7-3-1-2-6(4-7)5-9/h2-9H,1H3;1-5H. The molecule has 0 spiro atoms.